The van der Waals surface area contributed by atoms with Crippen molar-refractivity contribution in [3.8, 4) is 0 Å². The number of carbonyl (C=O) groups is 2. The zero-order chi connectivity index (χ0) is 11.0. The Morgan fingerprint density at radius 3 is 2.07 bits per heavy atom. The fourth-order valence-electron chi connectivity index (χ4n) is 2.40. The summed E-state index contributed by atoms with van der Waals surface area (Å²) in [6.07, 6.45) is 1.67. The summed E-state index contributed by atoms with van der Waals surface area (Å²) in [5.41, 5.74) is -1.83. The number of rotatable bonds is 4. The first-order valence-corrected chi connectivity index (χ1v) is 4.80. The van der Waals surface area contributed by atoms with Crippen LogP contribution in [0.25, 0.3) is 0 Å². The van der Waals surface area contributed by atoms with Gasteiger partial charge < -0.3 is 14.6 Å². The number of methoxy groups -OCH3 is 1. The maximum absolute atomic E-state index is 11.4. The Balaban J connectivity index is 3.01. The van der Waals surface area contributed by atoms with E-state index in [1.54, 1.807) is 0 Å². The summed E-state index contributed by atoms with van der Waals surface area (Å²) < 4.78 is 4.54. The monoisotopic (exact) mass is 199 g/mol. The number of hydrogen-bond acceptors (Lipinski definition) is 4. The Hall–Kier alpha value is -1.06. The van der Waals surface area contributed by atoms with E-state index in [2.05, 4.69) is 4.74 Å². The van der Waals surface area contributed by atoms with Gasteiger partial charge in [0.15, 0.2) is 0 Å². The first-order valence-electron chi connectivity index (χ1n) is 4.80. The van der Waals surface area contributed by atoms with E-state index >= 15 is 0 Å². The van der Waals surface area contributed by atoms with Gasteiger partial charge in [-0.1, -0.05) is 13.8 Å². The molecule has 1 rings (SSSR count). The smallest absolute Gasteiger partial charge is 0.318 e. The van der Waals surface area contributed by atoms with Crippen LogP contribution in [0.5, 0.6) is 0 Å². The molecule has 0 aromatic carbocycles. The van der Waals surface area contributed by atoms with Gasteiger partial charge in [-0.25, -0.2) is 0 Å². The first kappa shape index (κ1) is 11.0. The minimum Gasteiger partial charge on any atom is -0.549 e. The van der Waals surface area contributed by atoms with Crippen molar-refractivity contribution in [1.29, 1.82) is 0 Å². The van der Waals surface area contributed by atoms with Crippen molar-refractivity contribution < 1.29 is 19.4 Å². The zero-order valence-corrected chi connectivity index (χ0v) is 8.75. The zero-order valence-electron chi connectivity index (χ0n) is 8.75. The minimum absolute atomic E-state index is 0.349. The number of esters is 1. The summed E-state index contributed by atoms with van der Waals surface area (Å²) in [7, 11) is 1.21. The van der Waals surface area contributed by atoms with E-state index in [1.807, 2.05) is 13.8 Å². The van der Waals surface area contributed by atoms with Crippen LogP contribution in [0.3, 0.4) is 0 Å². The molecule has 1 unspecified atom stereocenters. The van der Waals surface area contributed by atoms with E-state index < -0.39 is 22.8 Å². The molecule has 0 aromatic rings. The van der Waals surface area contributed by atoms with Crippen molar-refractivity contribution in [3.63, 3.8) is 0 Å². The van der Waals surface area contributed by atoms with E-state index in [9.17, 15) is 14.7 Å². The molecular formula is C10H15O4-. The summed E-state index contributed by atoms with van der Waals surface area (Å²) in [4.78, 5) is 22.4. The molecule has 0 radical (unpaired) electrons. The second kappa shape index (κ2) is 3.26. The predicted octanol–water partition coefficient (Wildman–Crippen LogP) is 0.106. The van der Waals surface area contributed by atoms with Gasteiger partial charge in [-0.15, -0.1) is 0 Å². The lowest BCUT2D eigenvalue weighted by Crippen LogP contribution is -2.42. The second-order valence-electron chi connectivity index (χ2n) is 3.85. The highest BCUT2D eigenvalue weighted by molar-refractivity contribution is 6.03. The quantitative estimate of drug-likeness (QED) is 0.476. The van der Waals surface area contributed by atoms with Gasteiger partial charge in [0, 0.05) is 0 Å². The highest BCUT2D eigenvalue weighted by Crippen LogP contribution is 2.68. The number of carboxylic acids is 1. The van der Waals surface area contributed by atoms with Gasteiger partial charge in [0.05, 0.1) is 13.1 Å². The molecule has 4 nitrogen and oxygen atoms in total. The highest BCUT2D eigenvalue weighted by atomic mass is 16.5. The van der Waals surface area contributed by atoms with Crippen molar-refractivity contribution >= 4 is 11.9 Å². The summed E-state index contributed by atoms with van der Waals surface area (Å²) in [6, 6.07) is 0. The number of aliphatic carboxylic acids is 1. The number of carboxylic acid groups (broad SMARTS) is 1. The molecule has 14 heavy (non-hydrogen) atoms. The molecule has 0 amide bonds. The SMILES string of the molecule is CCC1(CC)CC1(C(=O)[O-])C(=O)OC. The van der Waals surface area contributed by atoms with E-state index in [1.165, 1.54) is 7.11 Å². The van der Waals surface area contributed by atoms with Crippen molar-refractivity contribution in [2.45, 2.75) is 33.1 Å². The number of ether oxygens (including phenoxy) is 1. The normalized spacial score (nSPS) is 28.2. The molecule has 0 bridgehead atoms. The van der Waals surface area contributed by atoms with Crippen LogP contribution in [0, 0.1) is 10.8 Å². The maximum atomic E-state index is 11.4. The standard InChI is InChI=1S/C10H16O4/c1-4-9(5-2)6-10(9,7(11)12)8(13)14-3/h4-6H2,1-3H3,(H,11,12)/p-1. The van der Waals surface area contributed by atoms with Crippen LogP contribution in [0.1, 0.15) is 33.1 Å². The Bertz CT molecular complexity index is 267. The average Bonchev–Trinajstić information content (AvgIpc) is 2.88. The Morgan fingerprint density at radius 1 is 1.36 bits per heavy atom. The summed E-state index contributed by atoms with van der Waals surface area (Å²) >= 11 is 0. The van der Waals surface area contributed by atoms with Gasteiger partial charge >= 0.3 is 5.97 Å². The highest BCUT2D eigenvalue weighted by Gasteiger charge is 2.71. The van der Waals surface area contributed by atoms with Crippen LogP contribution in [0.2, 0.25) is 0 Å². The summed E-state index contributed by atoms with van der Waals surface area (Å²) in [5, 5.41) is 11.0. The van der Waals surface area contributed by atoms with Gasteiger partial charge in [-0.2, -0.15) is 0 Å². The molecule has 1 aliphatic rings. The van der Waals surface area contributed by atoms with E-state index in [0.717, 1.165) is 0 Å². The third-order valence-electron chi connectivity index (χ3n) is 3.62. The number of hydrogen-bond donors (Lipinski definition) is 0. The van der Waals surface area contributed by atoms with Crippen LogP contribution >= 0.6 is 0 Å². The average molecular weight is 199 g/mol. The van der Waals surface area contributed by atoms with E-state index in [-0.39, 0.29) is 0 Å². The molecule has 0 aliphatic heterocycles. The lowest BCUT2D eigenvalue weighted by molar-refractivity contribution is -0.314. The second-order valence-corrected chi connectivity index (χ2v) is 3.85. The summed E-state index contributed by atoms with van der Waals surface area (Å²) in [6.45, 7) is 3.77. The molecule has 0 aromatic heterocycles. The molecule has 0 saturated heterocycles. The molecule has 0 heterocycles. The molecule has 0 spiro atoms. The molecule has 1 saturated carbocycles. The van der Waals surface area contributed by atoms with Crippen LogP contribution in [0.4, 0.5) is 0 Å². The molecule has 0 N–H and O–H groups in total. The number of carbonyl (C=O) groups excluding carboxylic acids is 2. The predicted molar refractivity (Wildman–Crippen MR) is 47.1 cm³/mol. The molecule has 1 fully saturated rings. The van der Waals surface area contributed by atoms with Crippen LogP contribution < -0.4 is 5.11 Å². The van der Waals surface area contributed by atoms with Crippen molar-refractivity contribution in [2.24, 2.45) is 10.8 Å². The Labute approximate surface area is 83.2 Å². The van der Waals surface area contributed by atoms with Crippen molar-refractivity contribution in [2.75, 3.05) is 7.11 Å². The third-order valence-corrected chi connectivity index (χ3v) is 3.62. The Morgan fingerprint density at radius 2 is 1.86 bits per heavy atom. The van der Waals surface area contributed by atoms with Gasteiger partial charge in [0.25, 0.3) is 0 Å². The Kier molecular flexibility index (Phi) is 2.56. The van der Waals surface area contributed by atoms with Crippen LogP contribution in [-0.4, -0.2) is 19.0 Å². The molecule has 1 aliphatic carbocycles. The van der Waals surface area contributed by atoms with Gasteiger partial charge in [-0.3, -0.25) is 4.79 Å². The fraction of sp³-hybridized carbons (Fsp3) is 0.800. The third kappa shape index (κ3) is 1.06. The van der Waals surface area contributed by atoms with Gasteiger partial charge in [0.1, 0.15) is 5.41 Å². The largest absolute Gasteiger partial charge is 0.549 e. The van der Waals surface area contributed by atoms with E-state index in [4.69, 9.17) is 0 Å². The van der Waals surface area contributed by atoms with Crippen molar-refractivity contribution in [1.82, 2.24) is 0 Å². The lowest BCUT2D eigenvalue weighted by Gasteiger charge is -2.22. The van der Waals surface area contributed by atoms with E-state index in [0.29, 0.717) is 19.3 Å². The summed E-state index contributed by atoms with van der Waals surface area (Å²) in [5.74, 6) is -1.96. The topological polar surface area (TPSA) is 66.4 Å². The van der Waals surface area contributed by atoms with Crippen molar-refractivity contribution in [3.05, 3.63) is 0 Å². The maximum Gasteiger partial charge on any atom is 0.318 e. The van der Waals surface area contributed by atoms with Crippen LogP contribution in [0.15, 0.2) is 0 Å². The van der Waals surface area contributed by atoms with Gasteiger partial charge in [0.2, 0.25) is 0 Å². The molecular weight excluding hydrogens is 184 g/mol. The fourth-order valence-corrected chi connectivity index (χ4v) is 2.40. The molecule has 1 atom stereocenters. The van der Waals surface area contributed by atoms with Crippen LogP contribution in [-0.2, 0) is 14.3 Å². The molecule has 80 valence electrons. The minimum atomic E-state index is -1.38. The lowest BCUT2D eigenvalue weighted by atomic mass is 9.88. The first-order chi connectivity index (χ1) is 6.50. The van der Waals surface area contributed by atoms with Gasteiger partial charge in [-0.05, 0) is 24.7 Å². The molecule has 4 heteroatoms.